The lowest BCUT2D eigenvalue weighted by Crippen LogP contribution is -2.27. The van der Waals surface area contributed by atoms with E-state index in [0.29, 0.717) is 13.0 Å². The van der Waals surface area contributed by atoms with E-state index < -0.39 is 7.82 Å². The summed E-state index contributed by atoms with van der Waals surface area (Å²) in [4.78, 5) is 9.39. The molecule has 1 heterocycles. The molecule has 0 aromatic rings. The molecular formula is C10H18BO5P. The second-order valence-electron chi connectivity index (χ2n) is 5.02. The minimum atomic E-state index is -3.89. The Balaban J connectivity index is 2.07. The summed E-state index contributed by atoms with van der Waals surface area (Å²) in [6.07, 6.45) is 0.368. The predicted molar refractivity (Wildman–Crippen MR) is 62.8 cm³/mol. The van der Waals surface area contributed by atoms with E-state index in [4.69, 9.17) is 21.6 Å². The second kappa shape index (κ2) is 5.02. The maximum Gasteiger partial charge on any atom is 0.472 e. The standard InChI is InChI=1S/C10H18BO5P/c1-6(2)14-4-8-7-5-15-17(12,13)16-10(8)3-9(7)11/h6-10H,3-5H2,1-2H3,(H,12,13)/t7?,8-,9-,10+/m0/s1. The summed E-state index contributed by atoms with van der Waals surface area (Å²) in [5, 5.41) is 0. The summed E-state index contributed by atoms with van der Waals surface area (Å²) in [7, 11) is 2.09. The second-order valence-corrected chi connectivity index (χ2v) is 6.42. The zero-order valence-corrected chi connectivity index (χ0v) is 11.0. The molecule has 1 aliphatic carbocycles. The van der Waals surface area contributed by atoms with Gasteiger partial charge >= 0.3 is 7.82 Å². The van der Waals surface area contributed by atoms with Crippen LogP contribution in [0.2, 0.25) is 5.82 Å². The minimum absolute atomic E-state index is 0.0294. The first-order valence-electron chi connectivity index (χ1n) is 5.92. The molecule has 96 valence electrons. The molecule has 2 aliphatic rings. The molecule has 0 aromatic carbocycles. The van der Waals surface area contributed by atoms with Gasteiger partial charge in [-0.05, 0) is 26.2 Å². The van der Waals surface area contributed by atoms with Crippen LogP contribution >= 0.6 is 7.82 Å². The van der Waals surface area contributed by atoms with Gasteiger partial charge in [0.05, 0.1) is 33.3 Å². The number of fused-ring (bicyclic) bond motifs is 2. The highest BCUT2D eigenvalue weighted by Crippen LogP contribution is 2.56. The summed E-state index contributed by atoms with van der Waals surface area (Å²) in [5.74, 6) is 0.0122. The van der Waals surface area contributed by atoms with Gasteiger partial charge in [0.1, 0.15) is 0 Å². The van der Waals surface area contributed by atoms with Crippen molar-refractivity contribution in [3.63, 3.8) is 0 Å². The molecule has 2 bridgehead atoms. The van der Waals surface area contributed by atoms with Crippen molar-refractivity contribution in [2.45, 2.75) is 38.3 Å². The van der Waals surface area contributed by atoms with Gasteiger partial charge in [0.15, 0.2) is 0 Å². The molecule has 5 atom stereocenters. The Morgan fingerprint density at radius 3 is 2.94 bits per heavy atom. The van der Waals surface area contributed by atoms with Crippen molar-refractivity contribution >= 4 is 15.7 Å². The van der Waals surface area contributed by atoms with E-state index in [9.17, 15) is 9.46 Å². The van der Waals surface area contributed by atoms with Crippen molar-refractivity contribution in [3.05, 3.63) is 0 Å². The molecular weight excluding hydrogens is 242 g/mol. The highest BCUT2D eigenvalue weighted by molar-refractivity contribution is 7.47. The number of ether oxygens (including phenoxy) is 1. The van der Waals surface area contributed by atoms with E-state index in [1.807, 2.05) is 13.8 Å². The van der Waals surface area contributed by atoms with Crippen LogP contribution in [0.25, 0.3) is 0 Å². The lowest BCUT2D eigenvalue weighted by Gasteiger charge is -2.22. The smallest absolute Gasteiger partial charge is 0.378 e. The van der Waals surface area contributed by atoms with Crippen LogP contribution in [0.3, 0.4) is 0 Å². The molecule has 2 fully saturated rings. The molecule has 1 N–H and O–H groups in total. The van der Waals surface area contributed by atoms with E-state index in [1.54, 1.807) is 0 Å². The monoisotopic (exact) mass is 260 g/mol. The maximum atomic E-state index is 11.5. The minimum Gasteiger partial charge on any atom is -0.378 e. The third kappa shape index (κ3) is 3.12. The molecule has 1 saturated carbocycles. The highest BCUT2D eigenvalue weighted by Gasteiger charge is 2.48. The van der Waals surface area contributed by atoms with E-state index in [2.05, 4.69) is 0 Å². The third-order valence-corrected chi connectivity index (χ3v) is 4.42. The molecule has 2 unspecified atom stereocenters. The van der Waals surface area contributed by atoms with Gasteiger partial charge in [0, 0.05) is 5.92 Å². The Morgan fingerprint density at radius 1 is 1.59 bits per heavy atom. The van der Waals surface area contributed by atoms with E-state index in [-0.39, 0.29) is 36.5 Å². The Hall–Kier alpha value is 0.135. The van der Waals surface area contributed by atoms with Crippen LogP contribution in [-0.2, 0) is 18.3 Å². The Labute approximate surface area is 103 Å². The summed E-state index contributed by atoms with van der Waals surface area (Å²) >= 11 is 0. The van der Waals surface area contributed by atoms with Gasteiger partial charge in [0.2, 0.25) is 0 Å². The average Bonchev–Trinajstić information content (AvgIpc) is 2.39. The lowest BCUT2D eigenvalue weighted by molar-refractivity contribution is 0.0118. The topological polar surface area (TPSA) is 65.0 Å². The first kappa shape index (κ1) is 13.6. The number of phosphoric acid groups is 1. The van der Waals surface area contributed by atoms with Crippen LogP contribution in [0, 0.1) is 11.8 Å². The fourth-order valence-electron chi connectivity index (χ4n) is 2.50. The van der Waals surface area contributed by atoms with Crippen LogP contribution in [0.15, 0.2) is 0 Å². The van der Waals surface area contributed by atoms with Crippen molar-refractivity contribution < 1.29 is 23.2 Å². The van der Waals surface area contributed by atoms with Crippen molar-refractivity contribution in [1.82, 2.24) is 0 Å². The van der Waals surface area contributed by atoms with Gasteiger partial charge in [-0.15, -0.1) is 0 Å². The van der Waals surface area contributed by atoms with Crippen LogP contribution in [-0.4, -0.2) is 38.2 Å². The van der Waals surface area contributed by atoms with Crippen LogP contribution in [0.5, 0.6) is 0 Å². The Kier molecular flexibility index (Phi) is 4.01. The molecule has 0 amide bonds. The molecule has 0 aromatic heterocycles. The largest absolute Gasteiger partial charge is 0.472 e. The molecule has 7 heteroatoms. The van der Waals surface area contributed by atoms with E-state index >= 15 is 0 Å². The number of phosphoric ester groups is 1. The molecule has 1 aliphatic heterocycles. The number of hydrogen-bond donors (Lipinski definition) is 1. The Morgan fingerprint density at radius 2 is 2.29 bits per heavy atom. The van der Waals surface area contributed by atoms with Gasteiger partial charge < -0.3 is 9.63 Å². The predicted octanol–water partition coefficient (Wildman–Crippen LogP) is 1.52. The molecule has 1 saturated heterocycles. The van der Waals surface area contributed by atoms with Gasteiger partial charge in [-0.3, -0.25) is 9.05 Å². The molecule has 2 radical (unpaired) electrons. The van der Waals surface area contributed by atoms with Gasteiger partial charge in [-0.2, -0.15) is 0 Å². The fourth-order valence-corrected chi connectivity index (χ4v) is 3.50. The molecule has 17 heavy (non-hydrogen) atoms. The zero-order chi connectivity index (χ0) is 12.6. The normalized spacial score (nSPS) is 46.1. The van der Waals surface area contributed by atoms with Crippen molar-refractivity contribution in [2.75, 3.05) is 13.2 Å². The number of rotatable bonds is 3. The van der Waals surface area contributed by atoms with E-state index in [1.165, 1.54) is 0 Å². The Bertz CT molecular complexity index is 324. The zero-order valence-electron chi connectivity index (χ0n) is 10.1. The summed E-state index contributed by atoms with van der Waals surface area (Å²) in [6, 6.07) is 0. The average molecular weight is 260 g/mol. The maximum absolute atomic E-state index is 11.5. The van der Waals surface area contributed by atoms with Gasteiger partial charge in [-0.1, -0.05) is 5.82 Å². The first-order valence-corrected chi connectivity index (χ1v) is 7.41. The van der Waals surface area contributed by atoms with Gasteiger partial charge in [0.25, 0.3) is 0 Å². The molecule has 2 rings (SSSR count). The summed E-state index contributed by atoms with van der Waals surface area (Å²) in [5.41, 5.74) is 0. The fraction of sp³-hybridized carbons (Fsp3) is 1.00. The van der Waals surface area contributed by atoms with Crippen LogP contribution < -0.4 is 0 Å². The third-order valence-electron chi connectivity index (χ3n) is 3.40. The summed E-state index contributed by atoms with van der Waals surface area (Å²) < 4.78 is 27.1. The van der Waals surface area contributed by atoms with Crippen LogP contribution in [0.1, 0.15) is 20.3 Å². The van der Waals surface area contributed by atoms with Crippen LogP contribution in [0.4, 0.5) is 0 Å². The quantitative estimate of drug-likeness (QED) is 0.615. The summed E-state index contributed by atoms with van der Waals surface area (Å²) in [6.45, 7) is 4.56. The van der Waals surface area contributed by atoms with Crippen molar-refractivity contribution in [1.29, 1.82) is 0 Å². The first-order chi connectivity index (χ1) is 7.89. The molecule has 5 nitrogen and oxygen atoms in total. The highest BCUT2D eigenvalue weighted by atomic mass is 31.2. The van der Waals surface area contributed by atoms with E-state index in [0.717, 1.165) is 0 Å². The number of hydrogen-bond acceptors (Lipinski definition) is 4. The SMILES string of the molecule is [B][C@H]1C[C@H]2OP(=O)(O)OCC1[C@@H]2COC(C)C. The van der Waals surface area contributed by atoms with Gasteiger partial charge in [-0.25, -0.2) is 4.57 Å². The van der Waals surface area contributed by atoms with Crippen molar-refractivity contribution in [3.8, 4) is 0 Å². The lowest BCUT2D eigenvalue weighted by atomic mass is 9.77. The molecule has 0 spiro atoms. The van der Waals surface area contributed by atoms with Crippen molar-refractivity contribution in [2.24, 2.45) is 11.8 Å².